The number of rotatable bonds is 4. The molecule has 2 aromatic carbocycles. The van der Waals surface area contributed by atoms with Crippen molar-refractivity contribution in [2.75, 3.05) is 43.1 Å². The van der Waals surface area contributed by atoms with Gasteiger partial charge in [-0.3, -0.25) is 15.0 Å². The van der Waals surface area contributed by atoms with Crippen LogP contribution in [0.1, 0.15) is 37.4 Å². The van der Waals surface area contributed by atoms with Crippen LogP contribution in [0.15, 0.2) is 49.1 Å². The van der Waals surface area contributed by atoms with E-state index in [4.69, 9.17) is 27.9 Å². The number of nitrogens with zero attached hydrogens (tertiary/aromatic N) is 5. The number of carbonyl (C=O) groups excluding carboxylic acids is 1. The van der Waals surface area contributed by atoms with E-state index in [1.54, 1.807) is 0 Å². The molecule has 3 aromatic heterocycles. The Morgan fingerprint density at radius 2 is 1.39 bits per heavy atom. The van der Waals surface area contributed by atoms with Crippen LogP contribution in [0.25, 0.3) is 21.8 Å². The number of imidazole rings is 1. The topological polar surface area (TPSA) is 119 Å². The number of ether oxygens (including phenoxy) is 1. The Morgan fingerprint density at radius 3 is 1.88 bits per heavy atom. The van der Waals surface area contributed by atoms with Gasteiger partial charge in [-0.15, -0.1) is 0 Å². The number of anilines is 2. The minimum absolute atomic E-state index is 0.00951. The first-order valence-electron chi connectivity index (χ1n) is 13.8. The van der Waals surface area contributed by atoms with Gasteiger partial charge in [-0.25, -0.2) is 4.98 Å². The highest BCUT2D eigenvalue weighted by molar-refractivity contribution is 6.32. The van der Waals surface area contributed by atoms with E-state index in [1.165, 1.54) is 12.8 Å². The molecule has 0 amide bonds. The lowest BCUT2D eigenvalue weighted by Gasteiger charge is -2.33. The number of piperidine rings is 2. The number of H-pyrrole nitrogens is 3. The third-order valence-corrected chi connectivity index (χ3v) is 8.55. The summed E-state index contributed by atoms with van der Waals surface area (Å²) < 4.78 is 4.81. The number of halogens is 2. The SMILES string of the molecule is COC(=O)C1CCN(c2cc(Cl)cc3[nH]ncc23)CC1.Clc1cc(N2CCC(c3ncc[nH]3)CC2)c2cn[nH]c2c1. The summed E-state index contributed by atoms with van der Waals surface area (Å²) in [6.07, 6.45) is 11.2. The molecule has 12 heteroatoms. The maximum Gasteiger partial charge on any atom is 0.308 e. The van der Waals surface area contributed by atoms with E-state index in [9.17, 15) is 4.79 Å². The molecule has 2 fully saturated rings. The molecular weight excluding hydrogens is 563 g/mol. The van der Waals surface area contributed by atoms with Gasteiger partial charge in [0.2, 0.25) is 0 Å². The molecule has 5 heterocycles. The number of aromatic nitrogens is 6. The van der Waals surface area contributed by atoms with E-state index >= 15 is 0 Å². The molecule has 214 valence electrons. The summed E-state index contributed by atoms with van der Waals surface area (Å²) in [4.78, 5) is 23.8. The van der Waals surface area contributed by atoms with Gasteiger partial charge in [-0.1, -0.05) is 23.2 Å². The summed E-state index contributed by atoms with van der Waals surface area (Å²) in [6, 6.07) is 7.78. The van der Waals surface area contributed by atoms with Crippen molar-refractivity contribution >= 4 is 62.4 Å². The Labute approximate surface area is 247 Å². The van der Waals surface area contributed by atoms with Crippen molar-refractivity contribution in [3.05, 3.63) is 64.9 Å². The third-order valence-electron chi connectivity index (χ3n) is 8.12. The maximum absolute atomic E-state index is 11.6. The largest absolute Gasteiger partial charge is 0.469 e. The maximum atomic E-state index is 11.6. The van der Waals surface area contributed by atoms with Crippen molar-refractivity contribution < 1.29 is 9.53 Å². The minimum atomic E-state index is -0.107. The summed E-state index contributed by atoms with van der Waals surface area (Å²) in [7, 11) is 1.45. The van der Waals surface area contributed by atoms with Crippen LogP contribution in [0.4, 0.5) is 11.4 Å². The number of hydrogen-bond donors (Lipinski definition) is 3. The van der Waals surface area contributed by atoms with Crippen molar-refractivity contribution in [1.29, 1.82) is 0 Å². The molecule has 2 aliphatic rings. The second-order valence-electron chi connectivity index (χ2n) is 10.5. The van der Waals surface area contributed by atoms with Crippen molar-refractivity contribution in [3.63, 3.8) is 0 Å². The van der Waals surface area contributed by atoms with Crippen molar-refractivity contribution in [1.82, 2.24) is 30.4 Å². The Balaban J connectivity index is 0.000000148. The smallest absolute Gasteiger partial charge is 0.308 e. The molecule has 5 aromatic rings. The van der Waals surface area contributed by atoms with Crippen LogP contribution in [-0.2, 0) is 9.53 Å². The molecule has 0 spiro atoms. The molecule has 2 saturated heterocycles. The first-order chi connectivity index (χ1) is 20.0. The van der Waals surface area contributed by atoms with Crippen molar-refractivity contribution in [2.24, 2.45) is 5.92 Å². The highest BCUT2D eigenvalue weighted by Crippen LogP contribution is 2.35. The molecule has 7 rings (SSSR count). The lowest BCUT2D eigenvalue weighted by atomic mass is 9.95. The standard InChI is InChI=1S/C15H16ClN5.C14H16ClN3O2/c16-11-7-13-12(9-19-20-13)14(8-11)21-5-1-10(2-6-21)15-17-3-4-18-15;1-20-14(19)9-2-4-18(5-3-9)13-7-10(15)6-12-11(13)8-16-17-12/h3-4,7-10H,1-2,5-6H2,(H,17,18)(H,19,20);6-9H,2-5H2,1H3,(H,16,17). The average Bonchev–Trinajstić information content (AvgIpc) is 3.79. The van der Waals surface area contributed by atoms with Gasteiger partial charge in [0.25, 0.3) is 0 Å². The van der Waals surface area contributed by atoms with Gasteiger partial charge in [0.15, 0.2) is 0 Å². The Bertz CT molecular complexity index is 1620. The number of benzene rings is 2. The number of esters is 1. The van der Waals surface area contributed by atoms with Crippen molar-refractivity contribution in [3.8, 4) is 0 Å². The lowest BCUT2D eigenvalue weighted by molar-refractivity contribution is -0.146. The third kappa shape index (κ3) is 5.85. The molecule has 3 N–H and O–H groups in total. The molecular formula is C29H32Cl2N8O2. The van der Waals surface area contributed by atoms with Crippen LogP contribution in [-0.4, -0.2) is 69.6 Å². The normalized spacial score (nSPS) is 16.7. The predicted molar refractivity (Wildman–Crippen MR) is 162 cm³/mol. The predicted octanol–water partition coefficient (Wildman–Crippen LogP) is 5.93. The Hall–Kier alpha value is -3.76. The van der Waals surface area contributed by atoms with Crippen LogP contribution >= 0.6 is 23.2 Å². The second kappa shape index (κ2) is 12.0. The fourth-order valence-corrected chi connectivity index (χ4v) is 6.36. The molecule has 0 aliphatic carbocycles. The summed E-state index contributed by atoms with van der Waals surface area (Å²) >= 11 is 12.4. The molecule has 2 aliphatic heterocycles. The van der Waals surface area contributed by atoms with E-state index in [0.29, 0.717) is 10.9 Å². The van der Waals surface area contributed by atoms with Crippen LogP contribution in [0.5, 0.6) is 0 Å². The van der Waals surface area contributed by atoms with Gasteiger partial charge in [0.1, 0.15) is 5.82 Å². The fourth-order valence-electron chi connectivity index (χ4n) is 5.94. The number of methoxy groups -OCH3 is 1. The highest BCUT2D eigenvalue weighted by atomic mass is 35.5. The summed E-state index contributed by atoms with van der Waals surface area (Å²) in [5, 5.41) is 17.8. The lowest BCUT2D eigenvalue weighted by Crippen LogP contribution is -2.36. The number of nitrogens with one attached hydrogen (secondary N) is 3. The van der Waals surface area contributed by atoms with E-state index in [2.05, 4.69) is 40.2 Å². The van der Waals surface area contributed by atoms with E-state index in [0.717, 1.165) is 90.2 Å². The van der Waals surface area contributed by atoms with E-state index in [-0.39, 0.29) is 11.9 Å². The minimum Gasteiger partial charge on any atom is -0.469 e. The highest BCUT2D eigenvalue weighted by Gasteiger charge is 2.27. The zero-order valence-electron chi connectivity index (χ0n) is 22.7. The Kier molecular flexibility index (Phi) is 8.02. The zero-order chi connectivity index (χ0) is 28.3. The fraction of sp³-hybridized carbons (Fsp3) is 0.379. The van der Waals surface area contributed by atoms with Crippen LogP contribution < -0.4 is 9.80 Å². The van der Waals surface area contributed by atoms with Gasteiger partial charge in [0.05, 0.1) is 36.5 Å². The van der Waals surface area contributed by atoms with Gasteiger partial charge >= 0.3 is 5.97 Å². The monoisotopic (exact) mass is 594 g/mol. The molecule has 10 nitrogen and oxygen atoms in total. The van der Waals surface area contributed by atoms with Gasteiger partial charge < -0.3 is 19.5 Å². The number of hydrogen-bond acceptors (Lipinski definition) is 7. The summed E-state index contributed by atoms with van der Waals surface area (Å²) in [6.45, 7) is 3.65. The van der Waals surface area contributed by atoms with Gasteiger partial charge in [0, 0.05) is 76.7 Å². The van der Waals surface area contributed by atoms with Crippen LogP contribution in [0.3, 0.4) is 0 Å². The second-order valence-corrected chi connectivity index (χ2v) is 11.4. The zero-order valence-corrected chi connectivity index (χ0v) is 24.3. The van der Waals surface area contributed by atoms with E-state index < -0.39 is 0 Å². The number of aromatic amines is 3. The quantitative estimate of drug-likeness (QED) is 0.221. The molecule has 0 unspecified atom stereocenters. The van der Waals surface area contributed by atoms with Crippen LogP contribution in [0.2, 0.25) is 10.0 Å². The van der Waals surface area contributed by atoms with Crippen molar-refractivity contribution in [2.45, 2.75) is 31.6 Å². The molecule has 0 bridgehead atoms. The van der Waals surface area contributed by atoms with E-state index in [1.807, 2.05) is 49.1 Å². The average molecular weight is 596 g/mol. The van der Waals surface area contributed by atoms with Gasteiger partial charge in [-0.2, -0.15) is 10.2 Å². The summed E-state index contributed by atoms with van der Waals surface area (Å²) in [5.74, 6) is 1.53. The number of carbonyl (C=O) groups is 1. The molecule has 41 heavy (non-hydrogen) atoms. The van der Waals surface area contributed by atoms with Gasteiger partial charge in [-0.05, 0) is 49.9 Å². The number of fused-ring (bicyclic) bond motifs is 2. The van der Waals surface area contributed by atoms with Crippen LogP contribution in [0, 0.1) is 5.92 Å². The molecule has 0 atom stereocenters. The summed E-state index contributed by atoms with van der Waals surface area (Å²) in [5.41, 5.74) is 4.17. The molecule has 0 saturated carbocycles. The molecule has 0 radical (unpaired) electrons. The Morgan fingerprint density at radius 1 is 0.854 bits per heavy atom. The first kappa shape index (κ1) is 27.4. The first-order valence-corrected chi connectivity index (χ1v) is 14.6.